The Balaban J connectivity index is 1.47. The van der Waals surface area contributed by atoms with Crippen molar-refractivity contribution in [3.63, 3.8) is 0 Å². The van der Waals surface area contributed by atoms with Crippen molar-refractivity contribution < 1.29 is 0 Å². The Morgan fingerprint density at radius 1 is 0.447 bits per heavy atom. The largest absolute Gasteiger partial charge is 0.338 e. The highest BCUT2D eigenvalue weighted by Crippen LogP contribution is 2.33. The monoisotopic (exact) mass is 490 g/mol. The fourth-order valence-corrected chi connectivity index (χ4v) is 4.58. The van der Waals surface area contributed by atoms with E-state index in [1.165, 1.54) is 0 Å². The number of anilines is 4. The van der Waals surface area contributed by atoms with Gasteiger partial charge in [0, 0.05) is 34.3 Å². The molecule has 180 valence electrons. The van der Waals surface area contributed by atoms with Gasteiger partial charge in [-0.15, -0.1) is 0 Å². The van der Waals surface area contributed by atoms with E-state index in [2.05, 4.69) is 34.9 Å². The minimum Gasteiger partial charge on any atom is -0.338 e. The molecule has 2 N–H and O–H groups in total. The van der Waals surface area contributed by atoms with E-state index in [1.54, 1.807) is 0 Å². The third-order valence-corrected chi connectivity index (χ3v) is 6.51. The molecule has 6 heteroatoms. The minimum absolute atomic E-state index is 0.714. The molecule has 1 aliphatic heterocycles. The van der Waals surface area contributed by atoms with Gasteiger partial charge in [-0.05, 0) is 48.5 Å². The fraction of sp³-hybridized carbons (Fsp3) is 0. The van der Waals surface area contributed by atoms with Crippen LogP contribution in [-0.2, 0) is 0 Å². The average molecular weight is 491 g/mol. The van der Waals surface area contributed by atoms with Gasteiger partial charge in [0.05, 0.1) is 33.8 Å². The molecule has 0 atom stereocenters. The summed E-state index contributed by atoms with van der Waals surface area (Å²) in [6.07, 6.45) is 3.70. The Morgan fingerprint density at radius 3 is 1.37 bits per heavy atom. The second kappa shape index (κ2) is 9.26. The molecule has 0 unspecified atom stereocenters. The van der Waals surface area contributed by atoms with E-state index in [1.807, 2.05) is 97.4 Å². The zero-order valence-corrected chi connectivity index (χ0v) is 20.3. The SMILES string of the molecule is C1=Nc2ccccc2N=Cc2cc3ccccc3nc2Nc2ccccc2Nc2nc3ccccc3cc21. The normalized spacial score (nSPS) is 12.4. The van der Waals surface area contributed by atoms with E-state index >= 15 is 0 Å². The predicted octanol–water partition coefficient (Wildman–Crippen LogP) is 8.08. The quantitative estimate of drug-likeness (QED) is 0.225. The molecule has 6 aromatic rings. The zero-order valence-electron chi connectivity index (χ0n) is 20.3. The highest BCUT2D eigenvalue weighted by Gasteiger charge is 2.13. The lowest BCUT2D eigenvalue weighted by Gasteiger charge is -2.17. The van der Waals surface area contributed by atoms with Gasteiger partial charge in [-0.1, -0.05) is 60.7 Å². The van der Waals surface area contributed by atoms with Crippen molar-refractivity contribution in [1.82, 2.24) is 9.97 Å². The molecule has 4 aromatic carbocycles. The van der Waals surface area contributed by atoms with Gasteiger partial charge in [0.2, 0.25) is 0 Å². The molecule has 3 heterocycles. The van der Waals surface area contributed by atoms with E-state index in [-0.39, 0.29) is 0 Å². The summed E-state index contributed by atoms with van der Waals surface area (Å²) in [6.45, 7) is 0. The minimum atomic E-state index is 0.714. The van der Waals surface area contributed by atoms with E-state index in [0.29, 0.717) is 11.6 Å². The number of nitrogens with one attached hydrogen (secondary N) is 2. The number of fused-ring (bicyclic) bond motifs is 6. The van der Waals surface area contributed by atoms with Crippen LogP contribution in [0.3, 0.4) is 0 Å². The van der Waals surface area contributed by atoms with Crippen LogP contribution in [0.4, 0.5) is 34.4 Å². The molecule has 0 amide bonds. The van der Waals surface area contributed by atoms with Gasteiger partial charge in [-0.3, -0.25) is 9.98 Å². The number of pyridine rings is 2. The molecule has 0 radical (unpaired) electrons. The van der Waals surface area contributed by atoms with Gasteiger partial charge < -0.3 is 10.6 Å². The van der Waals surface area contributed by atoms with Crippen molar-refractivity contribution in [2.45, 2.75) is 0 Å². The standard InChI is InChI=1S/C32H22N6/c1-3-11-25-21(9-1)17-23-19-33-27-13-5-6-14-28(27)34-20-24-18-22-10-2-4-12-26(22)36-32(24)38-30-16-8-7-15-29(30)37-31(23)35-25/h1-20H,(H,35,37)(H,36,38). The fourth-order valence-electron chi connectivity index (χ4n) is 4.58. The van der Waals surface area contributed by atoms with Crippen LogP contribution in [-0.4, -0.2) is 22.4 Å². The third kappa shape index (κ3) is 4.14. The number of hydrogen-bond acceptors (Lipinski definition) is 6. The third-order valence-electron chi connectivity index (χ3n) is 6.51. The Kier molecular flexibility index (Phi) is 5.33. The Hall–Kier alpha value is -5.36. The maximum atomic E-state index is 4.95. The summed E-state index contributed by atoms with van der Waals surface area (Å²) in [5.74, 6) is 1.43. The Bertz CT molecular complexity index is 1750. The van der Waals surface area contributed by atoms with Crippen LogP contribution in [0, 0.1) is 0 Å². The second-order valence-electron chi connectivity index (χ2n) is 9.04. The number of para-hydroxylation sites is 6. The van der Waals surface area contributed by atoms with Crippen molar-refractivity contribution in [1.29, 1.82) is 0 Å². The molecule has 0 saturated heterocycles. The molecule has 6 nitrogen and oxygen atoms in total. The van der Waals surface area contributed by atoms with Crippen LogP contribution in [0.1, 0.15) is 11.1 Å². The van der Waals surface area contributed by atoms with Gasteiger partial charge in [-0.25, -0.2) is 9.97 Å². The van der Waals surface area contributed by atoms with Crippen LogP contribution in [0.2, 0.25) is 0 Å². The number of nitrogens with zero attached hydrogens (tertiary/aromatic N) is 4. The molecular formula is C32H22N6. The number of aromatic nitrogens is 2. The molecule has 38 heavy (non-hydrogen) atoms. The first-order valence-electron chi connectivity index (χ1n) is 12.4. The van der Waals surface area contributed by atoms with Gasteiger partial charge >= 0.3 is 0 Å². The molecule has 7 rings (SSSR count). The molecule has 0 fully saturated rings. The summed E-state index contributed by atoms with van der Waals surface area (Å²) in [6, 6.07) is 36.3. The average Bonchev–Trinajstić information content (AvgIpc) is 2.96. The molecule has 0 spiro atoms. The highest BCUT2D eigenvalue weighted by molar-refractivity contribution is 5.99. The van der Waals surface area contributed by atoms with Gasteiger partial charge in [0.25, 0.3) is 0 Å². The molecule has 1 aliphatic rings. The van der Waals surface area contributed by atoms with Crippen LogP contribution >= 0.6 is 0 Å². The first-order chi connectivity index (χ1) is 18.8. The number of hydrogen-bond donors (Lipinski definition) is 2. The van der Waals surface area contributed by atoms with Crippen LogP contribution in [0.15, 0.2) is 119 Å². The predicted molar refractivity (Wildman–Crippen MR) is 157 cm³/mol. The topological polar surface area (TPSA) is 74.6 Å². The summed E-state index contributed by atoms with van der Waals surface area (Å²) in [7, 11) is 0. The van der Waals surface area contributed by atoms with Gasteiger partial charge in [0.15, 0.2) is 0 Å². The van der Waals surface area contributed by atoms with Crippen molar-refractivity contribution >= 4 is 68.6 Å². The summed E-state index contributed by atoms with van der Waals surface area (Å²) in [5, 5.41) is 9.20. The van der Waals surface area contributed by atoms with Crippen LogP contribution < -0.4 is 10.6 Å². The summed E-state index contributed by atoms with van der Waals surface area (Å²) >= 11 is 0. The maximum Gasteiger partial charge on any atom is 0.140 e. The van der Waals surface area contributed by atoms with Crippen molar-refractivity contribution in [3.8, 4) is 0 Å². The van der Waals surface area contributed by atoms with Crippen molar-refractivity contribution in [3.05, 3.63) is 120 Å². The number of aliphatic imine (C=N–C) groups is 2. The number of rotatable bonds is 0. The van der Waals surface area contributed by atoms with Gasteiger partial charge in [0.1, 0.15) is 11.6 Å². The second-order valence-corrected chi connectivity index (χ2v) is 9.04. The molecule has 0 saturated carbocycles. The smallest absolute Gasteiger partial charge is 0.140 e. The maximum absolute atomic E-state index is 4.95. The van der Waals surface area contributed by atoms with E-state index < -0.39 is 0 Å². The first-order valence-corrected chi connectivity index (χ1v) is 12.4. The summed E-state index contributed by atoms with van der Waals surface area (Å²) in [5.41, 5.74) is 6.84. The molecular weight excluding hydrogens is 468 g/mol. The van der Waals surface area contributed by atoms with E-state index in [0.717, 1.165) is 55.7 Å². The lowest BCUT2D eigenvalue weighted by atomic mass is 10.1. The zero-order chi connectivity index (χ0) is 25.3. The molecule has 2 aromatic heterocycles. The lowest BCUT2D eigenvalue weighted by Crippen LogP contribution is -2.05. The summed E-state index contributed by atoms with van der Waals surface area (Å²) in [4.78, 5) is 19.6. The lowest BCUT2D eigenvalue weighted by molar-refractivity contribution is 1.33. The Labute approximate surface area is 219 Å². The van der Waals surface area contributed by atoms with Crippen molar-refractivity contribution in [2.75, 3.05) is 10.6 Å². The van der Waals surface area contributed by atoms with Crippen LogP contribution in [0.25, 0.3) is 21.8 Å². The highest BCUT2D eigenvalue weighted by atomic mass is 15.1. The molecule has 0 bridgehead atoms. The number of benzene rings is 4. The molecule has 0 aliphatic carbocycles. The van der Waals surface area contributed by atoms with Crippen molar-refractivity contribution in [2.24, 2.45) is 9.98 Å². The summed E-state index contributed by atoms with van der Waals surface area (Å²) < 4.78 is 0. The Morgan fingerprint density at radius 2 is 0.868 bits per heavy atom. The van der Waals surface area contributed by atoms with Crippen LogP contribution in [0.5, 0.6) is 0 Å². The van der Waals surface area contributed by atoms with E-state index in [4.69, 9.17) is 20.0 Å². The first kappa shape index (κ1) is 21.9. The van der Waals surface area contributed by atoms with E-state index in [9.17, 15) is 0 Å². The van der Waals surface area contributed by atoms with Gasteiger partial charge in [-0.2, -0.15) is 0 Å².